The molecule has 1 aliphatic rings. The first-order chi connectivity index (χ1) is 14.2. The van der Waals surface area contributed by atoms with Crippen molar-refractivity contribution in [2.24, 2.45) is 0 Å². The number of nitrogens with zero attached hydrogens (tertiary/aromatic N) is 2. The Morgan fingerprint density at radius 2 is 1.45 bits per heavy atom. The molecule has 4 rings (SSSR count). The minimum absolute atomic E-state index is 0.0165. The average Bonchev–Trinajstić information content (AvgIpc) is 2.79. The SMILES string of the molecule is O=C(OCc1ccccc1)N1CCC(=O)N(c2ccccc2)C1c1ccccc1. The van der Waals surface area contributed by atoms with Gasteiger partial charge in [0.15, 0.2) is 0 Å². The summed E-state index contributed by atoms with van der Waals surface area (Å²) in [6.07, 6.45) is -0.738. The molecular weight excluding hydrogens is 364 g/mol. The number of amides is 2. The summed E-state index contributed by atoms with van der Waals surface area (Å²) in [7, 11) is 0. The molecule has 0 bridgehead atoms. The van der Waals surface area contributed by atoms with Crippen molar-refractivity contribution in [3.05, 3.63) is 102 Å². The fourth-order valence-corrected chi connectivity index (χ4v) is 3.56. The Morgan fingerprint density at radius 3 is 2.10 bits per heavy atom. The summed E-state index contributed by atoms with van der Waals surface area (Å²) in [4.78, 5) is 29.2. The average molecular weight is 386 g/mol. The molecule has 5 nitrogen and oxygen atoms in total. The second-order valence-electron chi connectivity index (χ2n) is 6.87. The van der Waals surface area contributed by atoms with Crippen molar-refractivity contribution in [2.75, 3.05) is 11.4 Å². The highest BCUT2D eigenvalue weighted by Crippen LogP contribution is 2.34. The Balaban J connectivity index is 1.64. The zero-order chi connectivity index (χ0) is 20.1. The van der Waals surface area contributed by atoms with Crippen LogP contribution in [0.1, 0.15) is 23.7 Å². The maximum absolute atomic E-state index is 13.0. The molecule has 0 saturated carbocycles. The first kappa shape index (κ1) is 18.7. The van der Waals surface area contributed by atoms with Gasteiger partial charge in [-0.15, -0.1) is 0 Å². The van der Waals surface area contributed by atoms with Crippen molar-refractivity contribution in [3.8, 4) is 0 Å². The van der Waals surface area contributed by atoms with Crippen molar-refractivity contribution in [2.45, 2.75) is 19.2 Å². The molecule has 0 aliphatic carbocycles. The van der Waals surface area contributed by atoms with Crippen molar-refractivity contribution in [1.82, 2.24) is 4.90 Å². The van der Waals surface area contributed by atoms with Gasteiger partial charge in [-0.05, 0) is 23.3 Å². The minimum Gasteiger partial charge on any atom is -0.444 e. The van der Waals surface area contributed by atoms with Gasteiger partial charge in [0.2, 0.25) is 5.91 Å². The van der Waals surface area contributed by atoms with Gasteiger partial charge < -0.3 is 4.74 Å². The number of para-hydroxylation sites is 1. The highest BCUT2D eigenvalue weighted by molar-refractivity contribution is 5.96. The van der Waals surface area contributed by atoms with Gasteiger partial charge in [0, 0.05) is 18.7 Å². The Morgan fingerprint density at radius 1 is 0.862 bits per heavy atom. The molecule has 0 aromatic heterocycles. The first-order valence-corrected chi connectivity index (χ1v) is 9.63. The van der Waals surface area contributed by atoms with Crippen LogP contribution in [0.2, 0.25) is 0 Å². The van der Waals surface area contributed by atoms with Crippen LogP contribution in [0.15, 0.2) is 91.0 Å². The topological polar surface area (TPSA) is 49.9 Å². The van der Waals surface area contributed by atoms with Crippen molar-refractivity contribution < 1.29 is 14.3 Å². The Labute approximate surface area is 170 Å². The lowest BCUT2D eigenvalue weighted by Crippen LogP contribution is -2.53. The van der Waals surface area contributed by atoms with Crippen molar-refractivity contribution in [3.63, 3.8) is 0 Å². The number of carbonyl (C=O) groups excluding carboxylic acids is 2. The molecule has 2 amide bonds. The van der Waals surface area contributed by atoms with E-state index in [1.165, 1.54) is 0 Å². The second kappa shape index (κ2) is 8.61. The maximum Gasteiger partial charge on any atom is 0.412 e. The van der Waals surface area contributed by atoms with Gasteiger partial charge in [0.25, 0.3) is 0 Å². The van der Waals surface area contributed by atoms with E-state index in [0.717, 1.165) is 16.8 Å². The fourth-order valence-electron chi connectivity index (χ4n) is 3.56. The Hall–Kier alpha value is -3.60. The van der Waals surface area contributed by atoms with Crippen LogP contribution < -0.4 is 4.90 Å². The number of carbonyl (C=O) groups is 2. The van der Waals surface area contributed by atoms with Crippen LogP contribution in [0.25, 0.3) is 0 Å². The Kier molecular flexibility index (Phi) is 5.56. The number of hydrogen-bond acceptors (Lipinski definition) is 3. The van der Waals surface area contributed by atoms with E-state index in [4.69, 9.17) is 4.74 Å². The normalized spacial score (nSPS) is 16.6. The van der Waals surface area contributed by atoms with Crippen LogP contribution in [0, 0.1) is 0 Å². The molecule has 0 N–H and O–H groups in total. The number of benzene rings is 3. The standard InChI is InChI=1S/C24H22N2O3/c27-22-16-17-25(24(28)29-18-19-10-4-1-5-11-19)23(20-12-6-2-7-13-20)26(22)21-14-8-3-9-15-21/h1-15,23H,16-18H2. The zero-order valence-electron chi connectivity index (χ0n) is 16.0. The highest BCUT2D eigenvalue weighted by atomic mass is 16.6. The molecule has 0 radical (unpaired) electrons. The molecule has 1 fully saturated rings. The van der Waals surface area contributed by atoms with Crippen LogP contribution in [-0.4, -0.2) is 23.4 Å². The van der Waals surface area contributed by atoms with Gasteiger partial charge in [0.1, 0.15) is 12.8 Å². The molecule has 1 unspecified atom stereocenters. The summed E-state index contributed by atoms with van der Waals surface area (Å²) in [5, 5.41) is 0. The number of hydrogen-bond donors (Lipinski definition) is 0. The van der Waals surface area contributed by atoms with Gasteiger partial charge >= 0.3 is 6.09 Å². The Bertz CT molecular complexity index is 961. The maximum atomic E-state index is 13.0. The van der Waals surface area contributed by atoms with Crippen LogP contribution in [0.4, 0.5) is 10.5 Å². The van der Waals surface area contributed by atoms with Gasteiger partial charge in [-0.3, -0.25) is 14.6 Å². The molecule has 1 heterocycles. The largest absolute Gasteiger partial charge is 0.444 e. The van der Waals surface area contributed by atoms with Gasteiger partial charge in [-0.2, -0.15) is 0 Å². The third-order valence-electron chi connectivity index (χ3n) is 4.95. The summed E-state index contributed by atoms with van der Waals surface area (Å²) in [6.45, 7) is 0.506. The summed E-state index contributed by atoms with van der Waals surface area (Å²) < 4.78 is 5.59. The summed E-state index contributed by atoms with van der Waals surface area (Å²) in [5.74, 6) is -0.0165. The van der Waals surface area contributed by atoms with Crippen molar-refractivity contribution in [1.29, 1.82) is 0 Å². The summed E-state index contributed by atoms with van der Waals surface area (Å²) in [6, 6.07) is 28.6. The van der Waals surface area contributed by atoms with E-state index in [0.29, 0.717) is 6.54 Å². The van der Waals surface area contributed by atoms with E-state index >= 15 is 0 Å². The number of ether oxygens (including phenoxy) is 1. The lowest BCUT2D eigenvalue weighted by molar-refractivity contribution is -0.122. The predicted octanol–water partition coefficient (Wildman–Crippen LogP) is 4.76. The smallest absolute Gasteiger partial charge is 0.412 e. The molecule has 1 aliphatic heterocycles. The molecule has 5 heteroatoms. The van der Waals surface area contributed by atoms with E-state index < -0.39 is 12.3 Å². The second-order valence-corrected chi connectivity index (χ2v) is 6.87. The van der Waals surface area contributed by atoms with E-state index in [9.17, 15) is 9.59 Å². The van der Waals surface area contributed by atoms with Crippen LogP contribution in [0.5, 0.6) is 0 Å². The summed E-state index contributed by atoms with van der Waals surface area (Å²) in [5.41, 5.74) is 2.54. The zero-order valence-corrected chi connectivity index (χ0v) is 16.0. The monoisotopic (exact) mass is 386 g/mol. The highest BCUT2D eigenvalue weighted by Gasteiger charge is 2.39. The van der Waals surface area contributed by atoms with Gasteiger partial charge in [0.05, 0.1) is 0 Å². The van der Waals surface area contributed by atoms with E-state index in [1.54, 1.807) is 9.80 Å². The molecule has 3 aromatic carbocycles. The summed E-state index contributed by atoms with van der Waals surface area (Å²) >= 11 is 0. The molecule has 3 aromatic rings. The predicted molar refractivity (Wildman–Crippen MR) is 111 cm³/mol. The first-order valence-electron chi connectivity index (χ1n) is 9.63. The number of rotatable bonds is 4. The fraction of sp³-hybridized carbons (Fsp3) is 0.167. The quantitative estimate of drug-likeness (QED) is 0.649. The molecule has 1 saturated heterocycles. The van der Waals surface area contributed by atoms with E-state index in [1.807, 2.05) is 91.0 Å². The third kappa shape index (κ3) is 4.14. The van der Waals surface area contributed by atoms with Crippen LogP contribution in [-0.2, 0) is 16.1 Å². The third-order valence-corrected chi connectivity index (χ3v) is 4.95. The lowest BCUT2D eigenvalue weighted by Gasteiger charge is -2.43. The van der Waals surface area contributed by atoms with Gasteiger partial charge in [-0.1, -0.05) is 78.9 Å². The van der Waals surface area contributed by atoms with E-state index in [2.05, 4.69) is 0 Å². The van der Waals surface area contributed by atoms with E-state index in [-0.39, 0.29) is 18.9 Å². The van der Waals surface area contributed by atoms with Crippen molar-refractivity contribution >= 4 is 17.7 Å². The number of anilines is 1. The molecular formula is C24H22N2O3. The minimum atomic E-state index is -0.553. The molecule has 29 heavy (non-hydrogen) atoms. The molecule has 0 spiro atoms. The molecule has 146 valence electrons. The lowest BCUT2D eigenvalue weighted by atomic mass is 10.1. The van der Waals surface area contributed by atoms with Crippen LogP contribution in [0.3, 0.4) is 0 Å². The van der Waals surface area contributed by atoms with Gasteiger partial charge in [-0.25, -0.2) is 4.79 Å². The van der Waals surface area contributed by atoms with Crippen LogP contribution >= 0.6 is 0 Å². The molecule has 1 atom stereocenters.